The molecule has 0 aromatic carbocycles. The fourth-order valence-corrected chi connectivity index (χ4v) is 4.15. The third kappa shape index (κ3) is 2.98. The molecular weight excluding hydrogens is 308 g/mol. The molecule has 1 aliphatic rings. The third-order valence-corrected chi connectivity index (χ3v) is 6.20. The van der Waals surface area contributed by atoms with Gasteiger partial charge in [-0.1, -0.05) is 13.8 Å². The summed E-state index contributed by atoms with van der Waals surface area (Å²) in [5.41, 5.74) is 0.316. The lowest BCUT2D eigenvalue weighted by molar-refractivity contribution is 0.0753. The maximum atomic E-state index is 3.76. The summed E-state index contributed by atoms with van der Waals surface area (Å²) in [7, 11) is 0. The van der Waals surface area contributed by atoms with Crippen molar-refractivity contribution in [1.29, 1.82) is 0 Å². The van der Waals surface area contributed by atoms with Gasteiger partial charge < -0.3 is 5.32 Å². The molecule has 0 bridgehead atoms. The van der Waals surface area contributed by atoms with Gasteiger partial charge in [0.25, 0.3) is 0 Å². The van der Waals surface area contributed by atoms with Crippen LogP contribution in [0.5, 0.6) is 0 Å². The van der Waals surface area contributed by atoms with Gasteiger partial charge in [0, 0.05) is 40.6 Å². The Bertz CT molecular complexity index is 387. The van der Waals surface area contributed by atoms with E-state index in [9.17, 15) is 0 Å². The quantitative estimate of drug-likeness (QED) is 0.901. The van der Waals surface area contributed by atoms with Crippen molar-refractivity contribution in [3.8, 4) is 0 Å². The van der Waals surface area contributed by atoms with E-state index < -0.39 is 0 Å². The molecule has 1 aromatic rings. The molecule has 2 rings (SSSR count). The molecule has 4 heteroatoms. The first-order valence-corrected chi connectivity index (χ1v) is 8.48. The second kappa shape index (κ2) is 6.04. The zero-order valence-electron chi connectivity index (χ0n) is 11.5. The highest BCUT2D eigenvalue weighted by molar-refractivity contribution is 9.10. The fraction of sp³-hybridized carbons (Fsp3) is 0.714. The summed E-state index contributed by atoms with van der Waals surface area (Å²) in [6.45, 7) is 10.3. The average molecular weight is 331 g/mol. The number of nitrogens with zero attached hydrogens (tertiary/aromatic N) is 1. The van der Waals surface area contributed by atoms with E-state index in [1.807, 2.05) is 11.3 Å². The van der Waals surface area contributed by atoms with Gasteiger partial charge in [0.2, 0.25) is 0 Å². The van der Waals surface area contributed by atoms with Crippen LogP contribution in [-0.2, 0) is 6.54 Å². The van der Waals surface area contributed by atoms with Gasteiger partial charge in [-0.25, -0.2) is 0 Å². The van der Waals surface area contributed by atoms with Crippen LogP contribution in [0.3, 0.4) is 0 Å². The molecule has 0 aliphatic carbocycles. The van der Waals surface area contributed by atoms with Crippen molar-refractivity contribution < 1.29 is 0 Å². The molecule has 1 atom stereocenters. The van der Waals surface area contributed by atoms with Crippen LogP contribution in [0.1, 0.15) is 38.5 Å². The molecule has 1 N–H and O–H groups in total. The van der Waals surface area contributed by atoms with Crippen LogP contribution in [0.2, 0.25) is 0 Å². The second-order valence-corrected chi connectivity index (χ2v) is 7.17. The van der Waals surface area contributed by atoms with Crippen molar-refractivity contribution in [3.63, 3.8) is 0 Å². The van der Waals surface area contributed by atoms with E-state index in [0.29, 0.717) is 11.6 Å². The maximum Gasteiger partial charge on any atom is 0.0343 e. The maximum absolute atomic E-state index is 3.76. The first-order valence-electron chi connectivity index (χ1n) is 6.81. The summed E-state index contributed by atoms with van der Waals surface area (Å²) in [4.78, 5) is 4.07. The topological polar surface area (TPSA) is 15.3 Å². The lowest BCUT2D eigenvalue weighted by atomic mass is 9.89. The van der Waals surface area contributed by atoms with Crippen LogP contribution >= 0.6 is 27.3 Å². The van der Waals surface area contributed by atoms with Crippen molar-refractivity contribution in [2.75, 3.05) is 13.1 Å². The first kappa shape index (κ1) is 14.5. The fourth-order valence-electron chi connectivity index (χ4n) is 2.65. The Labute approximate surface area is 123 Å². The minimum absolute atomic E-state index is 0.316. The Morgan fingerprint density at radius 3 is 2.78 bits per heavy atom. The van der Waals surface area contributed by atoms with Gasteiger partial charge in [-0.05, 0) is 47.1 Å². The summed E-state index contributed by atoms with van der Waals surface area (Å²) in [6.07, 6.45) is 2.41. The number of thiophene rings is 1. The minimum Gasteiger partial charge on any atom is -0.308 e. The molecule has 2 heterocycles. The van der Waals surface area contributed by atoms with E-state index >= 15 is 0 Å². The van der Waals surface area contributed by atoms with Crippen molar-refractivity contribution in [1.82, 2.24) is 10.2 Å². The molecule has 0 amide bonds. The van der Waals surface area contributed by atoms with Gasteiger partial charge >= 0.3 is 0 Å². The molecule has 1 saturated heterocycles. The van der Waals surface area contributed by atoms with Gasteiger partial charge in [-0.2, -0.15) is 0 Å². The van der Waals surface area contributed by atoms with Crippen LogP contribution in [0, 0.1) is 0 Å². The summed E-state index contributed by atoms with van der Waals surface area (Å²) >= 11 is 5.50. The molecule has 1 fully saturated rings. The Kier molecular flexibility index (Phi) is 4.86. The van der Waals surface area contributed by atoms with Crippen LogP contribution < -0.4 is 5.32 Å². The van der Waals surface area contributed by atoms with E-state index in [2.05, 4.69) is 58.4 Å². The average Bonchev–Trinajstić information content (AvgIpc) is 2.78. The number of piperazine rings is 1. The lowest BCUT2D eigenvalue weighted by Gasteiger charge is -2.46. The third-order valence-electron chi connectivity index (χ3n) is 4.29. The minimum atomic E-state index is 0.316. The zero-order chi connectivity index (χ0) is 13.2. The van der Waals surface area contributed by atoms with E-state index in [1.165, 1.54) is 22.2 Å². The molecule has 1 aliphatic heterocycles. The molecule has 0 radical (unpaired) electrons. The number of hydrogen-bond acceptors (Lipinski definition) is 3. The Morgan fingerprint density at radius 2 is 2.22 bits per heavy atom. The van der Waals surface area contributed by atoms with Gasteiger partial charge in [0.1, 0.15) is 0 Å². The predicted octanol–water partition coefficient (Wildman–Crippen LogP) is 3.86. The van der Waals surface area contributed by atoms with Gasteiger partial charge in [-0.3, -0.25) is 4.90 Å². The smallest absolute Gasteiger partial charge is 0.0343 e. The van der Waals surface area contributed by atoms with E-state index in [1.54, 1.807) is 0 Å². The number of halogens is 1. The summed E-state index contributed by atoms with van der Waals surface area (Å²) in [5.74, 6) is 0. The molecule has 2 nitrogen and oxygen atoms in total. The normalized spacial score (nSPS) is 24.3. The van der Waals surface area contributed by atoms with E-state index in [0.717, 1.165) is 19.6 Å². The Morgan fingerprint density at radius 1 is 1.50 bits per heavy atom. The number of nitrogens with one attached hydrogen (secondary N) is 1. The zero-order valence-corrected chi connectivity index (χ0v) is 13.9. The number of rotatable bonds is 4. The molecular formula is C14H23BrN2S. The van der Waals surface area contributed by atoms with Gasteiger partial charge in [0.05, 0.1) is 0 Å². The van der Waals surface area contributed by atoms with E-state index in [-0.39, 0.29) is 0 Å². The second-order valence-electron chi connectivity index (χ2n) is 5.31. The number of hydrogen-bond donors (Lipinski definition) is 1. The highest BCUT2D eigenvalue weighted by atomic mass is 79.9. The van der Waals surface area contributed by atoms with Crippen molar-refractivity contribution >= 4 is 27.3 Å². The molecule has 1 aromatic heterocycles. The van der Waals surface area contributed by atoms with Gasteiger partial charge in [0.15, 0.2) is 0 Å². The van der Waals surface area contributed by atoms with Crippen LogP contribution in [-0.4, -0.2) is 29.6 Å². The summed E-state index contributed by atoms with van der Waals surface area (Å²) in [6, 6.07) is 2.77. The molecule has 0 saturated carbocycles. The molecule has 18 heavy (non-hydrogen) atoms. The predicted molar refractivity (Wildman–Crippen MR) is 83.2 cm³/mol. The Hall–Kier alpha value is 0.1000. The lowest BCUT2D eigenvalue weighted by Crippen LogP contribution is -2.62. The largest absolute Gasteiger partial charge is 0.308 e. The van der Waals surface area contributed by atoms with E-state index in [4.69, 9.17) is 0 Å². The molecule has 0 spiro atoms. The van der Waals surface area contributed by atoms with Crippen LogP contribution in [0.25, 0.3) is 0 Å². The highest BCUT2D eigenvalue weighted by Gasteiger charge is 2.35. The first-order chi connectivity index (χ1) is 8.60. The van der Waals surface area contributed by atoms with Crippen LogP contribution in [0.15, 0.2) is 15.9 Å². The van der Waals surface area contributed by atoms with Crippen LogP contribution in [0.4, 0.5) is 0 Å². The SMILES string of the molecule is CCC1(CC)CN(Cc2sccc2Br)C(C)CN1. The monoisotopic (exact) mass is 330 g/mol. The summed E-state index contributed by atoms with van der Waals surface area (Å²) < 4.78 is 1.26. The standard InChI is InChI=1S/C14H23BrN2S/c1-4-14(5-2)10-17(11(3)8-16-14)9-13-12(15)6-7-18-13/h6-7,11,16H,4-5,8-10H2,1-3H3. The van der Waals surface area contributed by atoms with Crippen molar-refractivity contribution in [2.24, 2.45) is 0 Å². The summed E-state index contributed by atoms with van der Waals surface area (Å²) in [5, 5.41) is 5.92. The van der Waals surface area contributed by atoms with Crippen molar-refractivity contribution in [3.05, 3.63) is 20.8 Å². The highest BCUT2D eigenvalue weighted by Crippen LogP contribution is 2.28. The van der Waals surface area contributed by atoms with Gasteiger partial charge in [-0.15, -0.1) is 11.3 Å². The molecule has 1 unspecified atom stereocenters. The van der Waals surface area contributed by atoms with Crippen molar-refractivity contribution in [2.45, 2.75) is 51.7 Å². The Balaban J connectivity index is 2.08. The molecule has 102 valence electrons.